The molecule has 0 saturated heterocycles. The molecule has 0 atom stereocenters. The number of para-hydroxylation sites is 1. The Kier molecular flexibility index (Phi) is 6.08. The van der Waals surface area contributed by atoms with Crippen molar-refractivity contribution < 1.29 is 4.79 Å². The fourth-order valence-electron chi connectivity index (χ4n) is 3.46. The summed E-state index contributed by atoms with van der Waals surface area (Å²) in [7, 11) is 1.88. The predicted molar refractivity (Wildman–Crippen MR) is 111 cm³/mol. The summed E-state index contributed by atoms with van der Waals surface area (Å²) >= 11 is 12.1. The van der Waals surface area contributed by atoms with Crippen molar-refractivity contribution in [1.82, 2.24) is 9.13 Å². The van der Waals surface area contributed by atoms with Crippen molar-refractivity contribution >= 4 is 40.0 Å². The molecule has 0 aliphatic rings. The van der Waals surface area contributed by atoms with Gasteiger partial charge in [0.05, 0.1) is 22.6 Å². The highest BCUT2D eigenvalue weighted by Crippen LogP contribution is 2.23. The van der Waals surface area contributed by atoms with E-state index in [0.717, 1.165) is 23.9 Å². The molecule has 0 saturated carbocycles. The van der Waals surface area contributed by atoms with E-state index in [-0.39, 0.29) is 12.3 Å². The summed E-state index contributed by atoms with van der Waals surface area (Å²) in [6, 6.07) is 10.9. The van der Waals surface area contributed by atoms with Crippen LogP contribution >= 0.6 is 23.2 Å². The highest BCUT2D eigenvalue weighted by Gasteiger charge is 2.17. The third kappa shape index (κ3) is 3.97. The second-order valence-electron chi connectivity index (χ2n) is 6.76. The van der Waals surface area contributed by atoms with E-state index in [1.807, 2.05) is 23.7 Å². The van der Waals surface area contributed by atoms with E-state index < -0.39 is 0 Å². The van der Waals surface area contributed by atoms with E-state index >= 15 is 0 Å². The number of imidazole rings is 1. The number of rotatable bonds is 7. The second kappa shape index (κ2) is 8.32. The number of hydrogen-bond acceptors (Lipinski definition) is 2. The van der Waals surface area contributed by atoms with Gasteiger partial charge in [-0.05, 0) is 42.7 Å². The lowest BCUT2D eigenvalue weighted by Crippen LogP contribution is -2.26. The zero-order valence-corrected chi connectivity index (χ0v) is 17.1. The van der Waals surface area contributed by atoms with Crippen LogP contribution in [-0.2, 0) is 20.0 Å². The predicted octanol–water partition coefficient (Wildman–Crippen LogP) is 5.38. The minimum absolute atomic E-state index is 0.0654. The van der Waals surface area contributed by atoms with Crippen molar-refractivity contribution in [3.05, 3.63) is 63.2 Å². The normalized spacial score (nSPS) is 11.3. The Morgan fingerprint density at radius 3 is 2.63 bits per heavy atom. The van der Waals surface area contributed by atoms with Crippen molar-refractivity contribution in [2.75, 3.05) is 0 Å². The average molecular weight is 404 g/mol. The van der Waals surface area contributed by atoms with Crippen LogP contribution in [0.15, 0.2) is 36.4 Å². The van der Waals surface area contributed by atoms with Gasteiger partial charge in [-0.15, -0.1) is 0 Å². The largest absolute Gasteiger partial charge is 0.313 e. The van der Waals surface area contributed by atoms with Gasteiger partial charge >= 0.3 is 0 Å². The van der Waals surface area contributed by atoms with E-state index in [9.17, 15) is 4.79 Å². The topological polar surface area (TPSA) is 50.8 Å². The highest BCUT2D eigenvalue weighted by molar-refractivity contribution is 6.36. The summed E-state index contributed by atoms with van der Waals surface area (Å²) in [4.78, 5) is 12.8. The number of fused-ring (bicyclic) bond motifs is 1. The van der Waals surface area contributed by atoms with Gasteiger partial charge in [-0.2, -0.15) is 0 Å². The van der Waals surface area contributed by atoms with E-state index in [4.69, 9.17) is 28.6 Å². The fraction of sp³-hybridized carbons (Fsp3) is 0.333. The number of hydrogen-bond donors (Lipinski definition) is 1. The van der Waals surface area contributed by atoms with Crippen molar-refractivity contribution in [2.24, 2.45) is 7.05 Å². The van der Waals surface area contributed by atoms with Crippen LogP contribution in [0.2, 0.25) is 10.0 Å². The van der Waals surface area contributed by atoms with Crippen molar-refractivity contribution in [3.63, 3.8) is 0 Å². The number of ketones is 1. The Balaban J connectivity index is 2.00. The van der Waals surface area contributed by atoms with Crippen molar-refractivity contribution in [1.29, 1.82) is 5.41 Å². The molecule has 1 heterocycles. The first-order valence-electron chi connectivity index (χ1n) is 9.14. The molecule has 3 rings (SSSR count). The third-order valence-electron chi connectivity index (χ3n) is 4.88. The monoisotopic (exact) mass is 403 g/mol. The molecule has 0 aliphatic heterocycles. The van der Waals surface area contributed by atoms with Crippen molar-refractivity contribution in [2.45, 2.75) is 39.2 Å². The summed E-state index contributed by atoms with van der Waals surface area (Å²) in [5, 5.41) is 9.32. The number of benzene rings is 2. The molecule has 4 nitrogen and oxygen atoms in total. The zero-order valence-electron chi connectivity index (χ0n) is 15.6. The first kappa shape index (κ1) is 19.7. The van der Waals surface area contributed by atoms with Gasteiger partial charge in [-0.25, -0.2) is 0 Å². The van der Waals surface area contributed by atoms with Gasteiger partial charge in [-0.1, -0.05) is 55.1 Å². The highest BCUT2D eigenvalue weighted by atomic mass is 35.5. The third-order valence-corrected chi connectivity index (χ3v) is 5.43. The number of carbonyl (C=O) groups is 1. The molecular weight excluding hydrogens is 381 g/mol. The van der Waals surface area contributed by atoms with Crippen LogP contribution in [0.4, 0.5) is 0 Å². The number of carbonyl (C=O) groups excluding carboxylic acids is 1. The minimum Gasteiger partial charge on any atom is -0.313 e. The van der Waals surface area contributed by atoms with Crippen molar-refractivity contribution in [3.8, 4) is 0 Å². The molecule has 1 N–H and O–H groups in total. The Bertz CT molecular complexity index is 1050. The molecule has 0 fully saturated rings. The lowest BCUT2D eigenvalue weighted by molar-refractivity contribution is 0.0971. The molecule has 0 radical (unpaired) electrons. The summed E-state index contributed by atoms with van der Waals surface area (Å²) in [5.41, 5.74) is 3.85. The molecule has 0 bridgehead atoms. The van der Waals surface area contributed by atoms with Gasteiger partial charge in [0.1, 0.15) is 0 Å². The van der Waals surface area contributed by atoms with E-state index in [2.05, 4.69) is 13.0 Å². The van der Waals surface area contributed by atoms with Crippen LogP contribution in [0.5, 0.6) is 0 Å². The zero-order chi connectivity index (χ0) is 19.6. The van der Waals surface area contributed by atoms with E-state index in [1.165, 1.54) is 18.4 Å². The minimum atomic E-state index is -0.140. The summed E-state index contributed by atoms with van der Waals surface area (Å²) < 4.78 is 3.60. The number of Topliss-reactive ketones (excluding diaryl/α,β-unsaturated/α-hetero) is 1. The summed E-state index contributed by atoms with van der Waals surface area (Å²) in [5.74, 6) is -0.140. The van der Waals surface area contributed by atoms with Crippen LogP contribution in [0, 0.1) is 5.41 Å². The Morgan fingerprint density at radius 2 is 1.93 bits per heavy atom. The molecular formula is C21H23Cl2N3O. The molecule has 0 aliphatic carbocycles. The molecule has 0 unspecified atom stereocenters. The van der Waals surface area contributed by atoms with Crippen LogP contribution in [0.25, 0.3) is 11.0 Å². The molecule has 3 aromatic rings. The first-order chi connectivity index (χ1) is 12.9. The maximum atomic E-state index is 12.8. The van der Waals surface area contributed by atoms with E-state index in [1.54, 1.807) is 22.8 Å². The van der Waals surface area contributed by atoms with Gasteiger partial charge < -0.3 is 9.13 Å². The van der Waals surface area contributed by atoms with Gasteiger partial charge in [0, 0.05) is 17.6 Å². The lowest BCUT2D eigenvalue weighted by Gasteiger charge is -2.07. The van der Waals surface area contributed by atoms with Crippen LogP contribution in [0.3, 0.4) is 0 Å². The van der Waals surface area contributed by atoms with Crippen LogP contribution < -0.4 is 5.62 Å². The molecule has 2 aromatic carbocycles. The second-order valence-corrected chi connectivity index (χ2v) is 7.60. The number of halogens is 2. The fourth-order valence-corrected chi connectivity index (χ4v) is 3.97. The Labute approximate surface area is 168 Å². The van der Waals surface area contributed by atoms with Gasteiger partial charge in [0.25, 0.3) is 0 Å². The maximum absolute atomic E-state index is 12.8. The SMILES string of the molecule is CCCCCc1cccc2c1n(C)c(=N)n2CC(=O)c1ccc(Cl)cc1Cl. The number of aromatic nitrogens is 2. The quantitative estimate of drug-likeness (QED) is 0.417. The summed E-state index contributed by atoms with van der Waals surface area (Å²) in [6.45, 7) is 2.25. The van der Waals surface area contributed by atoms with Gasteiger partial charge in [0.2, 0.25) is 5.62 Å². The molecule has 27 heavy (non-hydrogen) atoms. The van der Waals surface area contributed by atoms with Gasteiger partial charge in [-0.3, -0.25) is 10.2 Å². The maximum Gasteiger partial charge on any atom is 0.203 e. The van der Waals surface area contributed by atoms with Crippen LogP contribution in [0.1, 0.15) is 42.1 Å². The smallest absolute Gasteiger partial charge is 0.203 e. The van der Waals surface area contributed by atoms with Crippen LogP contribution in [-0.4, -0.2) is 14.9 Å². The van der Waals surface area contributed by atoms with E-state index in [0.29, 0.717) is 21.2 Å². The number of aryl methyl sites for hydroxylation is 2. The average Bonchev–Trinajstić information content (AvgIpc) is 2.87. The lowest BCUT2D eigenvalue weighted by atomic mass is 10.1. The molecule has 0 spiro atoms. The standard InChI is InChI=1S/C21H23Cl2N3O/c1-3-4-5-7-14-8-6-9-18-20(14)25(2)21(24)26(18)13-19(27)16-11-10-15(22)12-17(16)23/h6,8-12,24H,3-5,7,13H2,1-2H3. The molecule has 6 heteroatoms. The first-order valence-corrected chi connectivity index (χ1v) is 9.89. The summed E-state index contributed by atoms with van der Waals surface area (Å²) in [6.07, 6.45) is 4.44. The van der Waals surface area contributed by atoms with Gasteiger partial charge in [0.15, 0.2) is 5.78 Å². The molecule has 0 amide bonds. The Hall–Kier alpha value is -2.04. The number of nitrogens with zero attached hydrogens (tertiary/aromatic N) is 2. The number of nitrogens with one attached hydrogen (secondary N) is 1. The molecule has 142 valence electrons. The Morgan fingerprint density at radius 1 is 1.15 bits per heavy atom. The number of unbranched alkanes of at least 4 members (excludes halogenated alkanes) is 2. The molecule has 1 aromatic heterocycles.